The summed E-state index contributed by atoms with van der Waals surface area (Å²) in [7, 11) is 0. The molecule has 1 amide bonds. The van der Waals surface area contributed by atoms with Gasteiger partial charge in [-0.1, -0.05) is 12.2 Å². The number of carboxylic acid groups (broad SMARTS) is 1. The Hall–Kier alpha value is -1.36. The summed E-state index contributed by atoms with van der Waals surface area (Å²) < 4.78 is 0. The van der Waals surface area contributed by atoms with Crippen LogP contribution >= 0.6 is 0 Å². The molecule has 2 bridgehead atoms. The summed E-state index contributed by atoms with van der Waals surface area (Å²) in [6.07, 6.45) is 6.56. The Labute approximate surface area is 111 Å². The molecule has 2 fully saturated rings. The summed E-state index contributed by atoms with van der Waals surface area (Å²) >= 11 is 0. The van der Waals surface area contributed by atoms with Crippen LogP contribution in [0.15, 0.2) is 12.2 Å². The van der Waals surface area contributed by atoms with Crippen LogP contribution in [0.25, 0.3) is 0 Å². The van der Waals surface area contributed by atoms with Crippen molar-refractivity contribution in [3.05, 3.63) is 12.2 Å². The first kappa shape index (κ1) is 12.7. The Bertz CT molecular complexity index is 441. The van der Waals surface area contributed by atoms with E-state index in [1.165, 1.54) is 0 Å². The highest BCUT2D eigenvalue weighted by Crippen LogP contribution is 2.49. The first-order chi connectivity index (χ1) is 9.06. The van der Waals surface area contributed by atoms with Gasteiger partial charge in [-0.3, -0.25) is 9.59 Å². The number of carbonyl (C=O) groups excluding carboxylic acids is 1. The molecule has 2 saturated carbocycles. The van der Waals surface area contributed by atoms with E-state index in [2.05, 4.69) is 5.32 Å². The number of hydrogen-bond acceptors (Lipinski definition) is 3. The van der Waals surface area contributed by atoms with Crippen molar-refractivity contribution in [1.82, 2.24) is 5.32 Å². The molecule has 104 valence electrons. The summed E-state index contributed by atoms with van der Waals surface area (Å²) in [5, 5.41) is 21.4. The maximum atomic E-state index is 12.3. The van der Waals surface area contributed by atoms with E-state index in [1.54, 1.807) is 0 Å². The fraction of sp³-hybridized carbons (Fsp3) is 0.714. The Kier molecular flexibility index (Phi) is 2.89. The lowest BCUT2D eigenvalue weighted by Gasteiger charge is -2.24. The van der Waals surface area contributed by atoms with E-state index in [4.69, 9.17) is 0 Å². The second kappa shape index (κ2) is 4.34. The fourth-order valence-corrected chi connectivity index (χ4v) is 3.48. The third-order valence-electron chi connectivity index (χ3n) is 4.98. The standard InChI is InChI=1S/C14H19NO4/c16-7-14(3-4-14)6-15-12(17)10-8-1-2-9(5-8)11(10)13(18)19/h1-2,8-11,16H,3-7H2,(H,15,17)(H,18,19). The molecule has 3 rings (SSSR count). The second-order valence-corrected chi connectivity index (χ2v) is 6.21. The number of carbonyl (C=O) groups is 2. The van der Waals surface area contributed by atoms with Gasteiger partial charge < -0.3 is 15.5 Å². The van der Waals surface area contributed by atoms with Crippen molar-refractivity contribution in [1.29, 1.82) is 0 Å². The zero-order valence-electron chi connectivity index (χ0n) is 10.7. The summed E-state index contributed by atoms with van der Waals surface area (Å²) in [4.78, 5) is 23.6. The van der Waals surface area contributed by atoms with Gasteiger partial charge in [0.25, 0.3) is 0 Å². The lowest BCUT2D eigenvalue weighted by Crippen LogP contribution is -2.42. The monoisotopic (exact) mass is 265 g/mol. The van der Waals surface area contributed by atoms with Gasteiger partial charge in [0.05, 0.1) is 18.4 Å². The van der Waals surface area contributed by atoms with Crippen molar-refractivity contribution < 1.29 is 19.8 Å². The van der Waals surface area contributed by atoms with Gasteiger partial charge in [0, 0.05) is 12.0 Å². The summed E-state index contributed by atoms with van der Waals surface area (Å²) in [6.45, 7) is 0.554. The molecule has 0 aromatic carbocycles. The van der Waals surface area contributed by atoms with Crippen LogP contribution in [0.4, 0.5) is 0 Å². The quantitative estimate of drug-likeness (QED) is 0.628. The molecule has 4 unspecified atom stereocenters. The predicted octanol–water partition coefficient (Wildman–Crippen LogP) is 0.398. The SMILES string of the molecule is O=C(O)C1C2C=CC(C2)C1C(=O)NCC1(CO)CC1. The molecule has 0 heterocycles. The molecule has 4 atom stereocenters. The molecule has 0 saturated heterocycles. The van der Waals surface area contributed by atoms with Crippen LogP contribution < -0.4 is 5.32 Å². The molecular formula is C14H19NO4. The van der Waals surface area contributed by atoms with Gasteiger partial charge in [-0.15, -0.1) is 0 Å². The van der Waals surface area contributed by atoms with Crippen LogP contribution in [0.3, 0.4) is 0 Å². The molecule has 5 heteroatoms. The molecule has 3 aliphatic rings. The highest BCUT2D eigenvalue weighted by molar-refractivity contribution is 5.86. The van der Waals surface area contributed by atoms with Crippen LogP contribution in [0.1, 0.15) is 19.3 Å². The van der Waals surface area contributed by atoms with E-state index in [-0.39, 0.29) is 29.8 Å². The van der Waals surface area contributed by atoms with E-state index >= 15 is 0 Å². The Morgan fingerprint density at radius 1 is 1.21 bits per heavy atom. The molecule has 5 nitrogen and oxygen atoms in total. The second-order valence-electron chi connectivity index (χ2n) is 6.21. The van der Waals surface area contributed by atoms with Crippen molar-refractivity contribution in [2.45, 2.75) is 19.3 Å². The molecule has 0 radical (unpaired) electrons. The van der Waals surface area contributed by atoms with Crippen molar-refractivity contribution in [3.63, 3.8) is 0 Å². The minimum atomic E-state index is -0.875. The maximum Gasteiger partial charge on any atom is 0.307 e. The number of rotatable bonds is 5. The minimum Gasteiger partial charge on any atom is -0.481 e. The largest absolute Gasteiger partial charge is 0.481 e. The van der Waals surface area contributed by atoms with Gasteiger partial charge in [-0.25, -0.2) is 0 Å². The average Bonchev–Trinajstić information content (AvgIpc) is 2.88. The van der Waals surface area contributed by atoms with Crippen molar-refractivity contribution in [2.24, 2.45) is 29.1 Å². The predicted molar refractivity (Wildman–Crippen MR) is 67.1 cm³/mol. The number of carboxylic acids is 1. The van der Waals surface area contributed by atoms with Crippen molar-refractivity contribution in [3.8, 4) is 0 Å². The van der Waals surface area contributed by atoms with Gasteiger partial charge in [-0.2, -0.15) is 0 Å². The Morgan fingerprint density at radius 2 is 1.84 bits per heavy atom. The molecule has 19 heavy (non-hydrogen) atoms. The number of nitrogens with one attached hydrogen (secondary N) is 1. The van der Waals surface area contributed by atoms with E-state index < -0.39 is 17.8 Å². The number of aliphatic hydroxyl groups excluding tert-OH is 1. The Morgan fingerprint density at radius 3 is 2.37 bits per heavy atom. The van der Waals surface area contributed by atoms with E-state index in [0.29, 0.717) is 6.54 Å². The molecule has 0 aliphatic heterocycles. The topological polar surface area (TPSA) is 86.6 Å². The van der Waals surface area contributed by atoms with Crippen LogP contribution in [-0.2, 0) is 9.59 Å². The van der Waals surface area contributed by atoms with Gasteiger partial charge in [0.15, 0.2) is 0 Å². The third kappa shape index (κ3) is 2.06. The smallest absolute Gasteiger partial charge is 0.307 e. The first-order valence-electron chi connectivity index (χ1n) is 6.86. The Balaban J connectivity index is 1.65. The molecule has 0 aromatic heterocycles. The van der Waals surface area contributed by atoms with E-state index in [1.807, 2.05) is 12.2 Å². The summed E-state index contributed by atoms with van der Waals surface area (Å²) in [5.74, 6) is -1.99. The average molecular weight is 265 g/mol. The maximum absolute atomic E-state index is 12.3. The lowest BCUT2D eigenvalue weighted by molar-refractivity contribution is -0.147. The van der Waals surface area contributed by atoms with E-state index in [0.717, 1.165) is 19.3 Å². The number of allylic oxidation sites excluding steroid dienone is 2. The zero-order valence-corrected chi connectivity index (χ0v) is 10.7. The minimum absolute atomic E-state index is 0.00553. The van der Waals surface area contributed by atoms with Gasteiger partial charge in [0.2, 0.25) is 5.91 Å². The van der Waals surface area contributed by atoms with Crippen LogP contribution in [0.2, 0.25) is 0 Å². The number of amides is 1. The number of aliphatic carboxylic acids is 1. The van der Waals surface area contributed by atoms with Crippen LogP contribution in [0.5, 0.6) is 0 Å². The molecule has 0 aromatic rings. The van der Waals surface area contributed by atoms with E-state index in [9.17, 15) is 19.8 Å². The highest BCUT2D eigenvalue weighted by atomic mass is 16.4. The number of hydrogen-bond donors (Lipinski definition) is 3. The number of fused-ring (bicyclic) bond motifs is 2. The highest BCUT2D eigenvalue weighted by Gasteiger charge is 2.52. The number of aliphatic hydroxyl groups is 1. The van der Waals surface area contributed by atoms with Gasteiger partial charge in [0.1, 0.15) is 0 Å². The molecular weight excluding hydrogens is 246 g/mol. The summed E-state index contributed by atoms with van der Waals surface area (Å²) in [5.41, 5.74) is -0.137. The van der Waals surface area contributed by atoms with Crippen LogP contribution in [0, 0.1) is 29.1 Å². The van der Waals surface area contributed by atoms with Crippen LogP contribution in [-0.4, -0.2) is 35.2 Å². The van der Waals surface area contributed by atoms with Crippen molar-refractivity contribution >= 4 is 11.9 Å². The zero-order chi connectivity index (χ0) is 13.6. The first-order valence-corrected chi connectivity index (χ1v) is 6.86. The van der Waals surface area contributed by atoms with Crippen molar-refractivity contribution in [2.75, 3.05) is 13.2 Å². The summed E-state index contributed by atoms with van der Waals surface area (Å²) in [6, 6.07) is 0. The third-order valence-corrected chi connectivity index (χ3v) is 4.98. The molecule has 3 N–H and O–H groups in total. The fourth-order valence-electron chi connectivity index (χ4n) is 3.48. The molecule has 3 aliphatic carbocycles. The lowest BCUT2D eigenvalue weighted by atomic mass is 9.82. The van der Waals surface area contributed by atoms with Gasteiger partial charge in [-0.05, 0) is 31.1 Å². The molecule has 0 spiro atoms. The van der Waals surface area contributed by atoms with Gasteiger partial charge >= 0.3 is 5.97 Å². The normalized spacial score (nSPS) is 37.3.